The number of carbonyl (C=O) groups is 1. The lowest BCUT2D eigenvalue weighted by atomic mass is 9.96. The first-order chi connectivity index (χ1) is 15.8. The molecule has 0 unspecified atom stereocenters. The smallest absolute Gasteiger partial charge is 0.266 e. The first-order valence-corrected chi connectivity index (χ1v) is 12.0. The number of hydrogen-bond acceptors (Lipinski definition) is 4. The van der Waals surface area contributed by atoms with Gasteiger partial charge in [-0.3, -0.25) is 4.79 Å². The summed E-state index contributed by atoms with van der Waals surface area (Å²) in [5, 5.41) is 23.7. The standard InChI is InChI=1S/C26H23ClN4OS/c1-15-8-9-20(12-23(15)27)30-25(32)19(13-28)11-18-10-16(2)31(17(18)3)26-22(14-29)21-6-4-5-7-24(21)33-26/h8-12H,4-7H2,1-3H3,(H,30,32)/b19-11+. The quantitative estimate of drug-likeness (QED) is 0.350. The van der Waals surface area contributed by atoms with Gasteiger partial charge in [-0.25, -0.2) is 0 Å². The highest BCUT2D eigenvalue weighted by molar-refractivity contribution is 7.15. The predicted molar refractivity (Wildman–Crippen MR) is 133 cm³/mol. The van der Waals surface area contributed by atoms with Crippen LogP contribution in [-0.2, 0) is 17.6 Å². The Labute approximate surface area is 202 Å². The number of halogens is 1. The van der Waals surface area contributed by atoms with Gasteiger partial charge < -0.3 is 9.88 Å². The minimum absolute atomic E-state index is 0.00192. The summed E-state index contributed by atoms with van der Waals surface area (Å²) in [5.74, 6) is -0.494. The number of carbonyl (C=O) groups excluding carboxylic acids is 1. The van der Waals surface area contributed by atoms with Crippen molar-refractivity contribution < 1.29 is 4.79 Å². The monoisotopic (exact) mass is 474 g/mol. The summed E-state index contributed by atoms with van der Waals surface area (Å²) in [6.45, 7) is 5.81. The molecule has 2 aromatic heterocycles. The Morgan fingerprint density at radius 2 is 1.94 bits per heavy atom. The van der Waals surface area contributed by atoms with Crippen LogP contribution in [0, 0.1) is 43.4 Å². The maximum atomic E-state index is 12.8. The van der Waals surface area contributed by atoms with Crippen molar-refractivity contribution in [1.29, 1.82) is 10.5 Å². The third-order valence-electron chi connectivity index (χ3n) is 6.03. The third-order valence-corrected chi connectivity index (χ3v) is 7.72. The second kappa shape index (κ2) is 9.27. The zero-order valence-corrected chi connectivity index (χ0v) is 20.3. The summed E-state index contributed by atoms with van der Waals surface area (Å²) < 4.78 is 2.07. The van der Waals surface area contributed by atoms with Crippen LogP contribution in [0.25, 0.3) is 11.1 Å². The number of rotatable bonds is 4. The van der Waals surface area contributed by atoms with E-state index in [1.54, 1.807) is 29.5 Å². The molecule has 4 rings (SSSR count). The van der Waals surface area contributed by atoms with Crippen LogP contribution in [0.1, 0.15) is 51.4 Å². The largest absolute Gasteiger partial charge is 0.321 e. The highest BCUT2D eigenvalue weighted by atomic mass is 35.5. The normalized spacial score (nSPS) is 13.2. The molecule has 0 fully saturated rings. The highest BCUT2D eigenvalue weighted by Gasteiger charge is 2.24. The lowest BCUT2D eigenvalue weighted by molar-refractivity contribution is -0.112. The van der Waals surface area contributed by atoms with Crippen LogP contribution in [0.3, 0.4) is 0 Å². The van der Waals surface area contributed by atoms with Crippen molar-refractivity contribution >= 4 is 40.6 Å². The number of nitriles is 2. The molecule has 0 saturated carbocycles. The minimum atomic E-state index is -0.494. The lowest BCUT2D eigenvalue weighted by Crippen LogP contribution is -2.13. The number of nitrogens with zero attached hydrogens (tertiary/aromatic N) is 3. The fourth-order valence-corrected chi connectivity index (χ4v) is 5.87. The summed E-state index contributed by atoms with van der Waals surface area (Å²) >= 11 is 7.83. The molecule has 1 N–H and O–H groups in total. The maximum Gasteiger partial charge on any atom is 0.266 e. The molecule has 3 aromatic rings. The molecule has 1 aliphatic carbocycles. The van der Waals surface area contributed by atoms with Crippen LogP contribution in [0.2, 0.25) is 5.02 Å². The van der Waals surface area contributed by atoms with Crippen LogP contribution >= 0.6 is 22.9 Å². The van der Waals surface area contributed by atoms with E-state index >= 15 is 0 Å². The maximum absolute atomic E-state index is 12.8. The van der Waals surface area contributed by atoms with Gasteiger partial charge >= 0.3 is 0 Å². The number of thiophene rings is 1. The molecule has 0 radical (unpaired) electrons. The first kappa shape index (κ1) is 22.9. The zero-order valence-electron chi connectivity index (χ0n) is 18.8. The van der Waals surface area contributed by atoms with E-state index in [-0.39, 0.29) is 5.57 Å². The number of nitrogens with one attached hydrogen (secondary N) is 1. The zero-order chi connectivity index (χ0) is 23.7. The molecule has 33 heavy (non-hydrogen) atoms. The van der Waals surface area contributed by atoms with Gasteiger partial charge in [-0.2, -0.15) is 10.5 Å². The number of fused-ring (bicyclic) bond motifs is 1. The van der Waals surface area contributed by atoms with E-state index in [2.05, 4.69) is 16.0 Å². The molecule has 0 bridgehead atoms. The van der Waals surface area contributed by atoms with E-state index in [4.69, 9.17) is 11.6 Å². The van der Waals surface area contributed by atoms with Gasteiger partial charge in [0.25, 0.3) is 5.91 Å². The average Bonchev–Trinajstić information content (AvgIpc) is 3.29. The summed E-state index contributed by atoms with van der Waals surface area (Å²) in [6.07, 6.45) is 5.83. The second-order valence-electron chi connectivity index (χ2n) is 8.25. The molecule has 0 spiro atoms. The molecule has 1 aromatic carbocycles. The summed E-state index contributed by atoms with van der Waals surface area (Å²) in [6, 6.07) is 11.6. The number of aryl methyl sites for hydroxylation is 3. The van der Waals surface area contributed by atoms with Crippen molar-refractivity contribution in [2.75, 3.05) is 5.32 Å². The molecular formula is C26H23ClN4OS. The van der Waals surface area contributed by atoms with Crippen LogP contribution in [-0.4, -0.2) is 10.5 Å². The van der Waals surface area contributed by atoms with E-state index in [0.29, 0.717) is 10.7 Å². The van der Waals surface area contributed by atoms with Gasteiger partial charge in [0.1, 0.15) is 22.7 Å². The van der Waals surface area contributed by atoms with E-state index in [0.717, 1.165) is 58.8 Å². The van der Waals surface area contributed by atoms with Gasteiger partial charge in [-0.05, 0) is 87.4 Å². The summed E-state index contributed by atoms with van der Waals surface area (Å²) in [5.41, 5.74) is 5.99. The van der Waals surface area contributed by atoms with Gasteiger partial charge in [0, 0.05) is 27.0 Å². The number of hydrogen-bond donors (Lipinski definition) is 1. The topological polar surface area (TPSA) is 81.6 Å². The highest BCUT2D eigenvalue weighted by Crippen LogP contribution is 2.38. The fourth-order valence-electron chi connectivity index (χ4n) is 4.24. The lowest BCUT2D eigenvalue weighted by Gasteiger charge is -2.10. The Morgan fingerprint density at radius 1 is 1.18 bits per heavy atom. The van der Waals surface area contributed by atoms with Crippen molar-refractivity contribution in [3.05, 3.63) is 73.4 Å². The average molecular weight is 475 g/mol. The van der Waals surface area contributed by atoms with Gasteiger partial charge in [0.15, 0.2) is 0 Å². The van der Waals surface area contributed by atoms with Crippen LogP contribution in [0.5, 0.6) is 0 Å². The van der Waals surface area contributed by atoms with Gasteiger partial charge in [0.05, 0.1) is 5.56 Å². The Bertz CT molecular complexity index is 1380. The number of amides is 1. The Kier molecular flexibility index (Phi) is 6.42. The molecule has 0 atom stereocenters. The third kappa shape index (κ3) is 4.33. The molecule has 0 aliphatic heterocycles. The van der Waals surface area contributed by atoms with Gasteiger partial charge in [-0.1, -0.05) is 17.7 Å². The number of anilines is 1. The van der Waals surface area contributed by atoms with Gasteiger partial charge in [-0.15, -0.1) is 11.3 Å². The van der Waals surface area contributed by atoms with E-state index < -0.39 is 5.91 Å². The Morgan fingerprint density at radius 3 is 2.64 bits per heavy atom. The van der Waals surface area contributed by atoms with Gasteiger partial charge in [0.2, 0.25) is 0 Å². The minimum Gasteiger partial charge on any atom is -0.321 e. The van der Waals surface area contributed by atoms with Crippen LogP contribution < -0.4 is 5.32 Å². The SMILES string of the molecule is Cc1ccc(NC(=O)/C(C#N)=C/c2cc(C)n(-c3sc4c(c3C#N)CCCC4)c2C)cc1Cl. The molecule has 2 heterocycles. The fraction of sp³-hybridized carbons (Fsp3) is 0.269. The molecule has 0 saturated heterocycles. The molecule has 5 nitrogen and oxygen atoms in total. The molecule has 1 aliphatic rings. The van der Waals surface area contributed by atoms with E-state index in [1.807, 2.05) is 39.0 Å². The van der Waals surface area contributed by atoms with Crippen molar-refractivity contribution in [2.24, 2.45) is 0 Å². The van der Waals surface area contributed by atoms with Crippen molar-refractivity contribution in [3.63, 3.8) is 0 Å². The van der Waals surface area contributed by atoms with Crippen molar-refractivity contribution in [3.8, 4) is 17.1 Å². The number of aromatic nitrogens is 1. The van der Waals surface area contributed by atoms with E-state index in [1.165, 1.54) is 10.4 Å². The Balaban J connectivity index is 1.69. The van der Waals surface area contributed by atoms with Crippen LogP contribution in [0.15, 0.2) is 29.8 Å². The first-order valence-electron chi connectivity index (χ1n) is 10.8. The van der Waals surface area contributed by atoms with Crippen LogP contribution in [0.4, 0.5) is 5.69 Å². The molecular weight excluding hydrogens is 452 g/mol. The molecule has 1 amide bonds. The molecule has 166 valence electrons. The van der Waals surface area contributed by atoms with E-state index in [9.17, 15) is 15.3 Å². The second-order valence-corrected chi connectivity index (χ2v) is 9.74. The number of benzene rings is 1. The summed E-state index contributed by atoms with van der Waals surface area (Å²) in [7, 11) is 0. The van der Waals surface area contributed by atoms with Crippen molar-refractivity contribution in [1.82, 2.24) is 4.57 Å². The van der Waals surface area contributed by atoms with Crippen molar-refractivity contribution in [2.45, 2.75) is 46.5 Å². The predicted octanol–water partition coefficient (Wildman–Crippen LogP) is 6.41. The Hall–Kier alpha value is -3.32. The molecule has 7 heteroatoms. The summed E-state index contributed by atoms with van der Waals surface area (Å²) in [4.78, 5) is 14.1.